The number of fused-ring (bicyclic) bond motifs is 2. The van der Waals surface area contributed by atoms with Crippen LogP contribution in [0.25, 0.3) is 0 Å². The standard InChI is InChI=1S/C48H51N5O6Si/c1-32-45(60(4,5)39-25-23-38(58-3)24-26-39)44(27-28-52-30-42(50-51-52)40(31-54)34-11-7-6-8-12-34)59-48(32)41-13-9-10-14-43(41)53(47(48)56)29-33-15-19-36(20-16-33)49-46(55)35-17-21-37(57-2)22-18-35/h6-26,30,32,40,44-45,54H,27-29,31H2,1-5H3,(H,49,55)/t32-,40?,44+,45-,48+/m1/s1. The molecule has 8 rings (SSSR count). The van der Waals surface area contributed by atoms with Crippen LogP contribution in [0.15, 0.2) is 134 Å². The van der Waals surface area contributed by atoms with Crippen LogP contribution >= 0.6 is 0 Å². The van der Waals surface area contributed by atoms with Crippen molar-refractivity contribution in [2.75, 3.05) is 31.0 Å². The predicted molar refractivity (Wildman–Crippen MR) is 235 cm³/mol. The number of aryl methyl sites for hydroxylation is 1. The highest BCUT2D eigenvalue weighted by atomic mass is 28.3. The Morgan fingerprint density at radius 1 is 0.883 bits per heavy atom. The van der Waals surface area contributed by atoms with Crippen LogP contribution in [0.1, 0.15) is 52.0 Å². The van der Waals surface area contributed by atoms with Crippen LogP contribution in [-0.2, 0) is 28.2 Å². The van der Waals surface area contributed by atoms with E-state index in [1.54, 1.807) is 38.5 Å². The molecule has 1 fully saturated rings. The number of carbonyl (C=O) groups excluding carboxylic acids is 2. The molecule has 60 heavy (non-hydrogen) atoms. The normalized spacial score (nSPS) is 20.3. The number of hydrogen-bond donors (Lipinski definition) is 2. The van der Waals surface area contributed by atoms with Crippen molar-refractivity contribution in [3.8, 4) is 11.5 Å². The fourth-order valence-corrected chi connectivity index (χ4v) is 13.5. The molecular weight excluding hydrogens is 771 g/mol. The van der Waals surface area contributed by atoms with Crippen molar-refractivity contribution < 1.29 is 28.9 Å². The lowest BCUT2D eigenvalue weighted by Crippen LogP contribution is -2.51. The lowest BCUT2D eigenvalue weighted by atomic mass is 9.82. The molecule has 2 N–H and O–H groups in total. The van der Waals surface area contributed by atoms with Crippen LogP contribution in [-0.4, -0.2) is 66.9 Å². The highest BCUT2D eigenvalue weighted by Crippen LogP contribution is 2.60. The maximum absolute atomic E-state index is 15.3. The summed E-state index contributed by atoms with van der Waals surface area (Å²) in [5, 5.41) is 23.5. The van der Waals surface area contributed by atoms with Crippen molar-refractivity contribution in [3.05, 3.63) is 162 Å². The number of hydrogen-bond acceptors (Lipinski definition) is 8. The fourth-order valence-electron chi connectivity index (χ4n) is 9.41. The van der Waals surface area contributed by atoms with Gasteiger partial charge in [-0.2, -0.15) is 0 Å². The zero-order valence-electron chi connectivity index (χ0n) is 34.6. The first kappa shape index (κ1) is 40.7. The Hall–Kier alpha value is -6.08. The number of nitrogens with one attached hydrogen (secondary N) is 1. The van der Waals surface area contributed by atoms with E-state index in [2.05, 4.69) is 47.8 Å². The minimum absolute atomic E-state index is 0.0500. The number of methoxy groups -OCH3 is 2. The van der Waals surface area contributed by atoms with Crippen molar-refractivity contribution in [2.45, 2.75) is 62.7 Å². The highest BCUT2D eigenvalue weighted by molar-refractivity contribution is 6.91. The third-order valence-corrected chi connectivity index (χ3v) is 16.9. The Bertz CT molecular complexity index is 2440. The predicted octanol–water partition coefficient (Wildman–Crippen LogP) is 7.52. The minimum atomic E-state index is -2.37. The molecule has 2 amide bonds. The van der Waals surface area contributed by atoms with E-state index in [9.17, 15) is 9.90 Å². The van der Waals surface area contributed by atoms with Gasteiger partial charge < -0.3 is 29.5 Å². The maximum Gasteiger partial charge on any atom is 0.264 e. The molecule has 6 aromatic rings. The Morgan fingerprint density at radius 3 is 2.20 bits per heavy atom. The second-order valence-electron chi connectivity index (χ2n) is 16.3. The second-order valence-corrected chi connectivity index (χ2v) is 21.0. The van der Waals surface area contributed by atoms with Crippen molar-refractivity contribution >= 4 is 36.4 Å². The molecule has 3 heterocycles. The molecule has 2 aliphatic rings. The summed E-state index contributed by atoms with van der Waals surface area (Å²) in [5.41, 5.74) is 4.35. The Labute approximate surface area is 351 Å². The molecular formula is C48H51N5O6Si. The molecule has 1 spiro atoms. The number of rotatable bonds is 14. The van der Waals surface area contributed by atoms with Crippen LogP contribution in [0.5, 0.6) is 11.5 Å². The van der Waals surface area contributed by atoms with Gasteiger partial charge in [-0.1, -0.05) is 103 Å². The van der Waals surface area contributed by atoms with Crippen molar-refractivity contribution in [2.24, 2.45) is 5.92 Å². The number of aliphatic hydroxyl groups is 1. The van der Waals surface area contributed by atoms with Gasteiger partial charge in [0, 0.05) is 35.5 Å². The number of ether oxygens (including phenoxy) is 3. The SMILES string of the molecule is COc1ccc(C(=O)Nc2ccc(CN3C(=O)[C@@]4(O[C@@H](CCn5cc(C(CO)c6ccccc6)nn5)[C@H]([Si](C)(C)c5ccc(OC)cc5)[C@H]4C)c4ccccc43)cc2)cc1. The van der Waals surface area contributed by atoms with Crippen LogP contribution in [0.3, 0.4) is 0 Å². The van der Waals surface area contributed by atoms with E-state index in [0.29, 0.717) is 42.2 Å². The summed E-state index contributed by atoms with van der Waals surface area (Å²) in [6, 6.07) is 40.8. The summed E-state index contributed by atoms with van der Waals surface area (Å²) in [6.45, 7) is 7.73. The number of anilines is 2. The van der Waals surface area contributed by atoms with E-state index in [-0.39, 0.29) is 41.9 Å². The van der Waals surface area contributed by atoms with E-state index in [4.69, 9.17) is 14.2 Å². The van der Waals surface area contributed by atoms with Gasteiger partial charge in [-0.25, -0.2) is 0 Å². The molecule has 12 heteroatoms. The first-order valence-corrected chi connectivity index (χ1v) is 23.5. The molecule has 5 atom stereocenters. The average molecular weight is 822 g/mol. The highest BCUT2D eigenvalue weighted by Gasteiger charge is 2.66. The van der Waals surface area contributed by atoms with Gasteiger partial charge in [-0.3, -0.25) is 14.3 Å². The lowest BCUT2D eigenvalue weighted by molar-refractivity contribution is -0.146. The quantitative estimate of drug-likeness (QED) is 0.108. The maximum atomic E-state index is 15.3. The molecule has 11 nitrogen and oxygen atoms in total. The number of aromatic nitrogens is 3. The number of carbonyl (C=O) groups is 2. The van der Waals surface area contributed by atoms with Crippen LogP contribution in [0.4, 0.5) is 11.4 Å². The summed E-state index contributed by atoms with van der Waals surface area (Å²) in [4.78, 5) is 30.1. The zero-order chi connectivity index (χ0) is 42.0. The summed E-state index contributed by atoms with van der Waals surface area (Å²) in [7, 11) is 0.894. The smallest absolute Gasteiger partial charge is 0.264 e. The molecule has 2 aliphatic heterocycles. The van der Waals surface area contributed by atoms with Gasteiger partial charge in [0.15, 0.2) is 5.60 Å². The third-order valence-electron chi connectivity index (χ3n) is 12.6. The van der Waals surface area contributed by atoms with Crippen molar-refractivity contribution in [1.29, 1.82) is 0 Å². The molecule has 1 saturated heterocycles. The first-order valence-electron chi connectivity index (χ1n) is 20.4. The monoisotopic (exact) mass is 821 g/mol. The average Bonchev–Trinajstić information content (AvgIpc) is 3.94. The number of nitrogens with zero attached hydrogens (tertiary/aromatic N) is 4. The van der Waals surface area contributed by atoms with Gasteiger partial charge >= 0.3 is 0 Å². The van der Waals surface area contributed by atoms with Gasteiger partial charge in [-0.05, 0) is 77.7 Å². The summed E-state index contributed by atoms with van der Waals surface area (Å²) < 4.78 is 19.9. The second kappa shape index (κ2) is 16.9. The summed E-state index contributed by atoms with van der Waals surface area (Å²) >= 11 is 0. The molecule has 0 saturated carbocycles. The van der Waals surface area contributed by atoms with Gasteiger partial charge in [0.05, 0.1) is 58.8 Å². The van der Waals surface area contributed by atoms with Gasteiger partial charge in [-0.15, -0.1) is 5.10 Å². The molecule has 0 radical (unpaired) electrons. The third kappa shape index (κ3) is 7.51. The molecule has 1 aromatic heterocycles. The molecule has 0 bridgehead atoms. The largest absolute Gasteiger partial charge is 0.497 e. The van der Waals surface area contributed by atoms with E-state index in [1.165, 1.54) is 5.19 Å². The number of amides is 2. The molecule has 0 aliphatic carbocycles. The zero-order valence-corrected chi connectivity index (χ0v) is 35.6. The summed E-state index contributed by atoms with van der Waals surface area (Å²) in [5.74, 6) is 0.738. The van der Waals surface area contributed by atoms with Crippen LogP contribution in [0.2, 0.25) is 18.6 Å². The van der Waals surface area contributed by atoms with Gasteiger partial charge in [0.25, 0.3) is 11.8 Å². The van der Waals surface area contributed by atoms with Gasteiger partial charge in [0.1, 0.15) is 11.5 Å². The minimum Gasteiger partial charge on any atom is -0.497 e. The van der Waals surface area contributed by atoms with Crippen molar-refractivity contribution in [1.82, 2.24) is 15.0 Å². The van der Waals surface area contributed by atoms with Gasteiger partial charge in [0.2, 0.25) is 0 Å². The van der Waals surface area contributed by atoms with E-state index < -0.39 is 13.7 Å². The molecule has 308 valence electrons. The first-order chi connectivity index (χ1) is 29.1. The topological polar surface area (TPSA) is 128 Å². The Kier molecular flexibility index (Phi) is 11.4. The van der Waals surface area contributed by atoms with E-state index >= 15 is 4.79 Å². The number of benzene rings is 5. The number of para-hydroxylation sites is 1. The lowest BCUT2D eigenvalue weighted by Gasteiger charge is -2.37. The van der Waals surface area contributed by atoms with Crippen LogP contribution in [0, 0.1) is 5.92 Å². The van der Waals surface area contributed by atoms with E-state index in [1.807, 2.05) is 107 Å². The molecule has 1 unspecified atom stereocenters. The van der Waals surface area contributed by atoms with Crippen LogP contribution < -0.4 is 24.9 Å². The Morgan fingerprint density at radius 2 is 1.53 bits per heavy atom. The Balaban J connectivity index is 1.07. The fraction of sp³-hybridized carbons (Fsp3) is 0.292. The van der Waals surface area contributed by atoms with E-state index in [0.717, 1.165) is 28.1 Å². The molecule has 5 aromatic carbocycles. The number of aliphatic hydroxyl groups excluding tert-OH is 1. The summed E-state index contributed by atoms with van der Waals surface area (Å²) in [6.07, 6.45) is 2.25. The van der Waals surface area contributed by atoms with Crippen molar-refractivity contribution in [3.63, 3.8) is 0 Å².